The number of nitrogens with one attached hydrogen (secondary N) is 1. The van der Waals surface area contributed by atoms with Gasteiger partial charge in [0.25, 0.3) is 0 Å². The third-order valence-corrected chi connectivity index (χ3v) is 4.49. The fourth-order valence-corrected chi connectivity index (χ4v) is 3.40. The van der Waals surface area contributed by atoms with Gasteiger partial charge in [0.15, 0.2) is 0 Å². The van der Waals surface area contributed by atoms with E-state index in [0.29, 0.717) is 13.1 Å². The van der Waals surface area contributed by atoms with Crippen molar-refractivity contribution in [3.05, 3.63) is 28.8 Å². The van der Waals surface area contributed by atoms with E-state index in [-0.39, 0.29) is 11.9 Å². The maximum Gasteiger partial charge on any atom is 0.234 e. The lowest BCUT2D eigenvalue weighted by atomic mass is 10.1. The Labute approximate surface area is 136 Å². The van der Waals surface area contributed by atoms with Gasteiger partial charge >= 0.3 is 0 Å². The first-order valence-electron chi connectivity index (χ1n) is 7.75. The van der Waals surface area contributed by atoms with Gasteiger partial charge in [-0.15, -0.1) is 0 Å². The van der Waals surface area contributed by atoms with Crippen LogP contribution in [0.15, 0.2) is 18.2 Å². The van der Waals surface area contributed by atoms with Gasteiger partial charge in [-0.05, 0) is 19.1 Å². The first-order valence-corrected chi connectivity index (χ1v) is 8.13. The molecule has 2 fully saturated rings. The summed E-state index contributed by atoms with van der Waals surface area (Å²) in [6.07, 6.45) is 0. The molecule has 2 aliphatic heterocycles. The van der Waals surface area contributed by atoms with Crippen LogP contribution in [0, 0.1) is 0 Å². The maximum absolute atomic E-state index is 11.7. The van der Waals surface area contributed by atoms with Crippen molar-refractivity contribution in [3.8, 4) is 0 Å². The lowest BCUT2D eigenvalue weighted by molar-refractivity contribution is -0.125. The molecule has 6 heteroatoms. The molecule has 22 heavy (non-hydrogen) atoms. The molecule has 1 atom stereocenters. The maximum atomic E-state index is 11.7. The number of rotatable bonds is 3. The van der Waals surface area contributed by atoms with Crippen LogP contribution in [-0.2, 0) is 16.1 Å². The van der Waals surface area contributed by atoms with E-state index >= 15 is 0 Å². The van der Waals surface area contributed by atoms with Crippen molar-refractivity contribution in [2.24, 2.45) is 0 Å². The number of halogens is 1. The van der Waals surface area contributed by atoms with E-state index in [0.717, 1.165) is 49.1 Å². The third-order valence-electron chi connectivity index (χ3n) is 4.13. The van der Waals surface area contributed by atoms with Crippen LogP contribution in [0.25, 0.3) is 0 Å². The number of amides is 1. The molecule has 1 unspecified atom stereocenters. The van der Waals surface area contributed by atoms with E-state index in [1.165, 1.54) is 0 Å². The van der Waals surface area contributed by atoms with Crippen LogP contribution in [0.2, 0.25) is 5.02 Å². The second-order valence-corrected chi connectivity index (χ2v) is 6.38. The molecule has 1 aromatic carbocycles. The molecule has 1 aromatic rings. The Hall–Kier alpha value is -1.30. The Kier molecular flexibility index (Phi) is 4.86. The van der Waals surface area contributed by atoms with Crippen molar-refractivity contribution in [3.63, 3.8) is 0 Å². The molecular weight excluding hydrogens is 302 g/mol. The van der Waals surface area contributed by atoms with Gasteiger partial charge in [0.05, 0.1) is 19.8 Å². The molecule has 0 saturated carbocycles. The molecule has 0 bridgehead atoms. The van der Waals surface area contributed by atoms with Crippen LogP contribution in [0.3, 0.4) is 0 Å². The molecule has 0 spiro atoms. The first-order chi connectivity index (χ1) is 10.6. The monoisotopic (exact) mass is 323 g/mol. The fourth-order valence-electron chi connectivity index (χ4n) is 3.17. The molecule has 0 aromatic heterocycles. The van der Waals surface area contributed by atoms with Gasteiger partial charge in [-0.1, -0.05) is 17.7 Å². The normalized spacial score (nSPS) is 23.5. The number of piperazine rings is 1. The first kappa shape index (κ1) is 15.6. The molecule has 2 saturated heterocycles. The Balaban J connectivity index is 1.81. The molecule has 5 nitrogen and oxygen atoms in total. The highest BCUT2D eigenvalue weighted by Crippen LogP contribution is 2.29. The Morgan fingerprint density at radius 1 is 1.36 bits per heavy atom. The summed E-state index contributed by atoms with van der Waals surface area (Å²) in [5.41, 5.74) is 2.27. The zero-order valence-electron chi connectivity index (χ0n) is 12.8. The van der Waals surface area contributed by atoms with Gasteiger partial charge < -0.3 is 15.0 Å². The molecule has 120 valence electrons. The van der Waals surface area contributed by atoms with Gasteiger partial charge in [0.2, 0.25) is 5.91 Å². The number of hydrogen-bond donors (Lipinski definition) is 1. The number of benzene rings is 1. The summed E-state index contributed by atoms with van der Waals surface area (Å²) in [7, 11) is 0. The minimum Gasteiger partial charge on any atom is -0.378 e. The van der Waals surface area contributed by atoms with Crippen molar-refractivity contribution in [2.75, 3.05) is 44.3 Å². The number of anilines is 1. The summed E-state index contributed by atoms with van der Waals surface area (Å²) in [6.45, 7) is 7.25. The summed E-state index contributed by atoms with van der Waals surface area (Å²) in [4.78, 5) is 16.2. The number of carbonyl (C=O) groups is 1. The number of carbonyl (C=O) groups excluding carboxylic acids is 1. The molecule has 3 rings (SSSR count). The molecule has 0 radical (unpaired) electrons. The van der Waals surface area contributed by atoms with Crippen molar-refractivity contribution < 1.29 is 9.53 Å². The van der Waals surface area contributed by atoms with E-state index in [4.69, 9.17) is 16.3 Å². The van der Waals surface area contributed by atoms with Crippen molar-refractivity contribution in [1.29, 1.82) is 0 Å². The topological polar surface area (TPSA) is 44.8 Å². The second-order valence-electron chi connectivity index (χ2n) is 5.98. The average molecular weight is 324 g/mol. The minimum atomic E-state index is 0.0822. The van der Waals surface area contributed by atoms with Crippen LogP contribution in [-0.4, -0.2) is 56.2 Å². The number of morpholine rings is 1. The molecule has 0 aliphatic carbocycles. The standard InChI is InChI=1S/C16H22ClN3O2/c1-12-9-19(11-16(21)18-12)10-13-14(17)3-2-4-15(13)20-5-7-22-8-6-20/h2-4,12H,5-11H2,1H3,(H,18,21). The summed E-state index contributed by atoms with van der Waals surface area (Å²) >= 11 is 6.46. The lowest BCUT2D eigenvalue weighted by Gasteiger charge is -2.34. The van der Waals surface area contributed by atoms with E-state index in [2.05, 4.69) is 21.2 Å². The van der Waals surface area contributed by atoms with Crippen LogP contribution >= 0.6 is 11.6 Å². The summed E-state index contributed by atoms with van der Waals surface area (Å²) < 4.78 is 5.43. The van der Waals surface area contributed by atoms with E-state index in [1.807, 2.05) is 19.1 Å². The number of nitrogens with zero attached hydrogens (tertiary/aromatic N) is 2. The Morgan fingerprint density at radius 2 is 2.14 bits per heavy atom. The van der Waals surface area contributed by atoms with Gasteiger partial charge in [0.1, 0.15) is 0 Å². The summed E-state index contributed by atoms with van der Waals surface area (Å²) in [6, 6.07) is 6.20. The minimum absolute atomic E-state index is 0.0822. The predicted molar refractivity (Wildman–Crippen MR) is 87.4 cm³/mol. The van der Waals surface area contributed by atoms with E-state index in [9.17, 15) is 4.79 Å². The number of ether oxygens (including phenoxy) is 1. The third kappa shape index (κ3) is 3.54. The smallest absolute Gasteiger partial charge is 0.234 e. The highest BCUT2D eigenvalue weighted by Gasteiger charge is 2.24. The largest absolute Gasteiger partial charge is 0.378 e. The number of hydrogen-bond acceptors (Lipinski definition) is 4. The van der Waals surface area contributed by atoms with Crippen molar-refractivity contribution >= 4 is 23.2 Å². The quantitative estimate of drug-likeness (QED) is 0.915. The Morgan fingerprint density at radius 3 is 2.86 bits per heavy atom. The van der Waals surface area contributed by atoms with Gasteiger partial charge in [0, 0.05) is 48.5 Å². The van der Waals surface area contributed by atoms with Crippen LogP contribution in [0.4, 0.5) is 5.69 Å². The van der Waals surface area contributed by atoms with Gasteiger partial charge in [-0.3, -0.25) is 9.69 Å². The molecule has 1 amide bonds. The molecule has 2 heterocycles. The Bertz CT molecular complexity index is 546. The summed E-state index contributed by atoms with van der Waals surface area (Å²) in [5.74, 6) is 0.0822. The highest BCUT2D eigenvalue weighted by atomic mass is 35.5. The van der Waals surface area contributed by atoms with Crippen LogP contribution in [0.5, 0.6) is 0 Å². The molecule has 2 aliphatic rings. The molecular formula is C16H22ClN3O2. The van der Waals surface area contributed by atoms with Crippen LogP contribution < -0.4 is 10.2 Å². The molecule has 1 N–H and O–H groups in total. The van der Waals surface area contributed by atoms with Crippen LogP contribution in [0.1, 0.15) is 12.5 Å². The van der Waals surface area contributed by atoms with Crippen molar-refractivity contribution in [2.45, 2.75) is 19.5 Å². The zero-order chi connectivity index (χ0) is 15.5. The predicted octanol–water partition coefficient (Wildman–Crippen LogP) is 1.50. The summed E-state index contributed by atoms with van der Waals surface area (Å²) in [5, 5.41) is 3.71. The van der Waals surface area contributed by atoms with Gasteiger partial charge in [-0.25, -0.2) is 0 Å². The van der Waals surface area contributed by atoms with Gasteiger partial charge in [-0.2, -0.15) is 0 Å². The van der Waals surface area contributed by atoms with E-state index in [1.54, 1.807) is 0 Å². The highest BCUT2D eigenvalue weighted by molar-refractivity contribution is 6.31. The average Bonchev–Trinajstić information content (AvgIpc) is 2.49. The second kappa shape index (κ2) is 6.86. The van der Waals surface area contributed by atoms with E-state index < -0.39 is 0 Å². The lowest BCUT2D eigenvalue weighted by Crippen LogP contribution is -2.52. The van der Waals surface area contributed by atoms with Crippen molar-refractivity contribution in [1.82, 2.24) is 10.2 Å². The fraction of sp³-hybridized carbons (Fsp3) is 0.562. The SMILES string of the molecule is CC1CN(Cc2c(Cl)cccc2N2CCOCC2)CC(=O)N1. The zero-order valence-corrected chi connectivity index (χ0v) is 13.6.